The highest BCUT2D eigenvalue weighted by Gasteiger charge is 2.26. The van der Waals surface area contributed by atoms with Crippen LogP contribution >= 0.6 is 0 Å². The number of aliphatic hydroxyl groups excluding tert-OH is 1. The molecule has 1 unspecified atom stereocenters. The minimum absolute atomic E-state index is 0.283. The van der Waals surface area contributed by atoms with Crippen LogP contribution in [0.2, 0.25) is 0 Å². The monoisotopic (exact) mass is 263 g/mol. The van der Waals surface area contributed by atoms with Crippen molar-refractivity contribution >= 4 is 0 Å². The van der Waals surface area contributed by atoms with Gasteiger partial charge in [0, 0.05) is 13.2 Å². The Kier molecular flexibility index (Phi) is 6.34. The zero-order valence-electron chi connectivity index (χ0n) is 11.6. The Morgan fingerprint density at radius 2 is 1.89 bits per heavy atom. The third-order valence-electron chi connectivity index (χ3n) is 3.73. The number of hydrogen-bond donors (Lipinski definition) is 2. The predicted octanol–water partition coefficient (Wildman–Crippen LogP) is 2.66. The lowest BCUT2D eigenvalue weighted by atomic mass is 9.96. The van der Waals surface area contributed by atoms with Crippen LogP contribution in [0.3, 0.4) is 0 Å². The smallest absolute Gasteiger partial charge is 0.0770 e. The Labute approximate surface area is 116 Å². The van der Waals surface area contributed by atoms with Crippen LogP contribution in [0.25, 0.3) is 0 Å². The van der Waals surface area contributed by atoms with E-state index in [4.69, 9.17) is 9.84 Å². The molecule has 1 fully saturated rings. The second-order valence-electron chi connectivity index (χ2n) is 5.18. The molecule has 1 aromatic carbocycles. The van der Waals surface area contributed by atoms with Gasteiger partial charge in [-0.25, -0.2) is 0 Å². The largest absolute Gasteiger partial charge is 0.396 e. The molecule has 1 heterocycles. The lowest BCUT2D eigenvalue weighted by Crippen LogP contribution is -2.41. The molecule has 0 aliphatic carbocycles. The lowest BCUT2D eigenvalue weighted by molar-refractivity contribution is -0.0108. The normalized spacial score (nSPS) is 23.4. The van der Waals surface area contributed by atoms with Crippen molar-refractivity contribution < 1.29 is 9.84 Å². The summed E-state index contributed by atoms with van der Waals surface area (Å²) >= 11 is 0. The second kappa shape index (κ2) is 8.31. The van der Waals surface area contributed by atoms with Crippen molar-refractivity contribution in [2.75, 3.05) is 19.8 Å². The lowest BCUT2D eigenvalue weighted by Gasteiger charge is -2.33. The van der Waals surface area contributed by atoms with E-state index in [1.807, 2.05) is 0 Å². The van der Waals surface area contributed by atoms with Gasteiger partial charge in [-0.1, -0.05) is 49.6 Å². The average molecular weight is 263 g/mol. The zero-order chi connectivity index (χ0) is 13.3. The maximum Gasteiger partial charge on any atom is 0.0770 e. The van der Waals surface area contributed by atoms with Gasteiger partial charge in [0.15, 0.2) is 0 Å². The minimum atomic E-state index is 0.283. The number of benzene rings is 1. The first-order valence-electron chi connectivity index (χ1n) is 7.42. The summed E-state index contributed by atoms with van der Waals surface area (Å²) in [6.07, 6.45) is 5.78. The molecule has 1 saturated heterocycles. The van der Waals surface area contributed by atoms with Gasteiger partial charge in [0.25, 0.3) is 0 Å². The Morgan fingerprint density at radius 3 is 2.68 bits per heavy atom. The molecule has 0 spiro atoms. The summed E-state index contributed by atoms with van der Waals surface area (Å²) in [5, 5.41) is 12.3. The van der Waals surface area contributed by atoms with E-state index in [0.29, 0.717) is 12.6 Å². The summed E-state index contributed by atoms with van der Waals surface area (Å²) in [6.45, 7) is 2.05. The molecule has 0 radical (unpaired) electrons. The third-order valence-corrected chi connectivity index (χ3v) is 3.73. The first kappa shape index (κ1) is 14.5. The Balaban J connectivity index is 1.83. The van der Waals surface area contributed by atoms with E-state index in [9.17, 15) is 0 Å². The summed E-state index contributed by atoms with van der Waals surface area (Å²) in [5.41, 5.74) is 1.32. The molecule has 1 aliphatic heterocycles. The van der Waals surface area contributed by atoms with E-state index in [2.05, 4.69) is 35.6 Å². The fourth-order valence-electron chi connectivity index (χ4n) is 2.71. The highest BCUT2D eigenvalue weighted by atomic mass is 16.5. The summed E-state index contributed by atoms with van der Waals surface area (Å²) in [4.78, 5) is 0. The molecule has 0 bridgehead atoms. The molecule has 19 heavy (non-hydrogen) atoms. The van der Waals surface area contributed by atoms with Crippen LogP contribution in [-0.4, -0.2) is 31.0 Å². The van der Waals surface area contributed by atoms with Crippen LogP contribution in [0.15, 0.2) is 30.3 Å². The molecular formula is C16H25NO2. The maximum atomic E-state index is 8.77. The molecule has 0 saturated carbocycles. The first-order chi connectivity index (χ1) is 9.42. The van der Waals surface area contributed by atoms with Crippen LogP contribution in [0.4, 0.5) is 0 Å². The fourth-order valence-corrected chi connectivity index (χ4v) is 2.71. The number of morpholine rings is 1. The summed E-state index contributed by atoms with van der Waals surface area (Å²) in [5.74, 6) is 0. The van der Waals surface area contributed by atoms with E-state index in [1.165, 1.54) is 18.4 Å². The van der Waals surface area contributed by atoms with Crippen molar-refractivity contribution in [3.05, 3.63) is 35.9 Å². The van der Waals surface area contributed by atoms with Gasteiger partial charge in [0.2, 0.25) is 0 Å². The number of unbranched alkanes of at least 4 members (excludes halogenated alkanes) is 3. The van der Waals surface area contributed by atoms with Crippen molar-refractivity contribution in [2.45, 2.75) is 44.2 Å². The highest BCUT2D eigenvalue weighted by molar-refractivity contribution is 5.20. The summed E-state index contributed by atoms with van der Waals surface area (Å²) in [7, 11) is 0. The standard InChI is InChI=1S/C16H25NO2/c18-12-7-2-1-6-10-15-16(17-11-13-19-15)14-8-4-3-5-9-14/h3-5,8-9,15-18H,1-2,6-7,10-13H2/t15?,16-/m1/s1. The van der Waals surface area contributed by atoms with Gasteiger partial charge in [-0.15, -0.1) is 0 Å². The van der Waals surface area contributed by atoms with Crippen molar-refractivity contribution in [3.8, 4) is 0 Å². The van der Waals surface area contributed by atoms with Crippen LogP contribution in [-0.2, 0) is 4.74 Å². The molecule has 1 aromatic rings. The number of hydrogen-bond acceptors (Lipinski definition) is 3. The van der Waals surface area contributed by atoms with E-state index < -0.39 is 0 Å². The van der Waals surface area contributed by atoms with Crippen molar-refractivity contribution in [1.82, 2.24) is 5.32 Å². The van der Waals surface area contributed by atoms with Gasteiger partial charge < -0.3 is 15.2 Å². The van der Waals surface area contributed by atoms with Crippen molar-refractivity contribution in [3.63, 3.8) is 0 Å². The van der Waals surface area contributed by atoms with Gasteiger partial charge in [-0.2, -0.15) is 0 Å². The number of rotatable bonds is 7. The number of nitrogens with one attached hydrogen (secondary N) is 1. The van der Waals surface area contributed by atoms with Crippen LogP contribution in [0.5, 0.6) is 0 Å². The summed E-state index contributed by atoms with van der Waals surface area (Å²) < 4.78 is 5.94. The molecular weight excluding hydrogens is 238 g/mol. The van der Waals surface area contributed by atoms with Gasteiger partial charge in [0.05, 0.1) is 18.8 Å². The SMILES string of the molecule is OCCCCCCC1OCCN[C@@H]1c1ccccc1. The topological polar surface area (TPSA) is 41.5 Å². The Morgan fingerprint density at radius 1 is 1.11 bits per heavy atom. The van der Waals surface area contributed by atoms with E-state index in [-0.39, 0.29) is 6.10 Å². The summed E-state index contributed by atoms with van der Waals surface area (Å²) in [6, 6.07) is 10.9. The second-order valence-corrected chi connectivity index (χ2v) is 5.18. The predicted molar refractivity (Wildman–Crippen MR) is 77.1 cm³/mol. The van der Waals surface area contributed by atoms with Gasteiger partial charge in [-0.3, -0.25) is 0 Å². The van der Waals surface area contributed by atoms with Gasteiger partial charge in [0.1, 0.15) is 0 Å². The van der Waals surface area contributed by atoms with Crippen molar-refractivity contribution in [1.29, 1.82) is 0 Å². The van der Waals surface area contributed by atoms with Crippen LogP contribution in [0.1, 0.15) is 43.7 Å². The third kappa shape index (κ3) is 4.60. The molecule has 0 aromatic heterocycles. The fraction of sp³-hybridized carbons (Fsp3) is 0.625. The molecule has 2 atom stereocenters. The Bertz CT molecular complexity index is 342. The van der Waals surface area contributed by atoms with Crippen LogP contribution in [0, 0.1) is 0 Å². The van der Waals surface area contributed by atoms with Crippen LogP contribution < -0.4 is 5.32 Å². The molecule has 1 aliphatic rings. The quantitative estimate of drug-likeness (QED) is 0.743. The molecule has 2 rings (SSSR count). The number of ether oxygens (including phenoxy) is 1. The minimum Gasteiger partial charge on any atom is -0.396 e. The van der Waals surface area contributed by atoms with Gasteiger partial charge in [-0.05, 0) is 18.4 Å². The Hall–Kier alpha value is -0.900. The first-order valence-corrected chi connectivity index (χ1v) is 7.42. The molecule has 3 heteroatoms. The van der Waals surface area contributed by atoms with Crippen molar-refractivity contribution in [2.24, 2.45) is 0 Å². The van der Waals surface area contributed by atoms with Gasteiger partial charge >= 0.3 is 0 Å². The highest BCUT2D eigenvalue weighted by Crippen LogP contribution is 2.25. The molecule has 106 valence electrons. The molecule has 3 nitrogen and oxygen atoms in total. The maximum absolute atomic E-state index is 8.77. The molecule has 0 amide bonds. The zero-order valence-corrected chi connectivity index (χ0v) is 11.6. The van der Waals surface area contributed by atoms with E-state index in [1.54, 1.807) is 0 Å². The molecule has 2 N–H and O–H groups in total. The van der Waals surface area contributed by atoms with E-state index in [0.717, 1.165) is 32.4 Å². The average Bonchev–Trinajstić information content (AvgIpc) is 2.48. The number of aliphatic hydroxyl groups is 1. The van der Waals surface area contributed by atoms with E-state index >= 15 is 0 Å².